The first-order valence-corrected chi connectivity index (χ1v) is 10.4. The topological polar surface area (TPSA) is 64.7 Å². The molecule has 1 aliphatic heterocycles. The Kier molecular flexibility index (Phi) is 7.65. The number of aryl methyl sites for hydroxylation is 1. The lowest BCUT2D eigenvalue weighted by atomic mass is 10.2. The van der Waals surface area contributed by atoms with Gasteiger partial charge in [0.1, 0.15) is 5.82 Å². The fourth-order valence-electron chi connectivity index (χ4n) is 3.36. The summed E-state index contributed by atoms with van der Waals surface area (Å²) in [6.07, 6.45) is 0.731. The lowest BCUT2D eigenvalue weighted by Gasteiger charge is -2.36. The van der Waals surface area contributed by atoms with Gasteiger partial charge in [-0.3, -0.25) is 14.5 Å². The maximum Gasteiger partial charge on any atom is 0.313 e. The first kappa shape index (κ1) is 22.1. The average molecular weight is 433 g/mol. The molecule has 0 aliphatic carbocycles. The molecule has 2 N–H and O–H groups in total. The minimum atomic E-state index is -0.714. The zero-order valence-electron chi connectivity index (χ0n) is 17.0. The predicted octanol–water partition coefficient (Wildman–Crippen LogP) is 3.05. The van der Waals surface area contributed by atoms with Crippen molar-refractivity contribution in [2.45, 2.75) is 13.3 Å². The van der Waals surface area contributed by atoms with Crippen LogP contribution in [0.15, 0.2) is 42.5 Å². The van der Waals surface area contributed by atoms with Crippen LogP contribution in [-0.4, -0.2) is 56.0 Å². The van der Waals surface area contributed by atoms with Crippen molar-refractivity contribution in [1.82, 2.24) is 10.2 Å². The summed E-state index contributed by atoms with van der Waals surface area (Å²) in [5.41, 5.74) is 2.03. The molecule has 0 unspecified atom stereocenters. The molecule has 0 radical (unpaired) electrons. The highest BCUT2D eigenvalue weighted by Crippen LogP contribution is 2.21. The minimum Gasteiger partial charge on any atom is -0.367 e. The number of amides is 2. The number of rotatable bonds is 6. The number of anilines is 2. The Hall–Kier alpha value is -2.64. The van der Waals surface area contributed by atoms with Crippen molar-refractivity contribution in [3.8, 4) is 0 Å². The van der Waals surface area contributed by atoms with Gasteiger partial charge in [0.2, 0.25) is 0 Å². The molecule has 0 aromatic heterocycles. The lowest BCUT2D eigenvalue weighted by Crippen LogP contribution is -2.47. The van der Waals surface area contributed by atoms with Gasteiger partial charge in [0.15, 0.2) is 0 Å². The van der Waals surface area contributed by atoms with Crippen molar-refractivity contribution in [2.75, 3.05) is 49.5 Å². The van der Waals surface area contributed by atoms with Gasteiger partial charge in [0, 0.05) is 43.4 Å². The second-order valence-electron chi connectivity index (χ2n) is 7.31. The Labute approximate surface area is 181 Å². The average Bonchev–Trinajstić information content (AvgIpc) is 2.74. The standard InChI is InChI=1S/C22H26ClFN4O2/c1-16-7-8-17(15-18(16)23)26-22(30)21(29)25-9-4-10-27-11-13-28(14-12-27)20-6-3-2-5-19(20)24/h2-3,5-8,15H,4,9-14H2,1H3,(H,25,29)(H,26,30). The molecule has 1 heterocycles. The first-order valence-electron chi connectivity index (χ1n) is 10.0. The number of hydrogen-bond acceptors (Lipinski definition) is 4. The number of piperazine rings is 1. The molecular formula is C22H26ClFN4O2. The van der Waals surface area contributed by atoms with Crippen molar-refractivity contribution in [1.29, 1.82) is 0 Å². The summed E-state index contributed by atoms with van der Waals surface area (Å²) >= 11 is 6.03. The molecule has 160 valence electrons. The van der Waals surface area contributed by atoms with Gasteiger partial charge in [0.25, 0.3) is 0 Å². The van der Waals surface area contributed by atoms with Crippen molar-refractivity contribution >= 4 is 34.8 Å². The Morgan fingerprint density at radius 1 is 1.07 bits per heavy atom. The Morgan fingerprint density at radius 2 is 1.80 bits per heavy atom. The highest BCUT2D eigenvalue weighted by Gasteiger charge is 2.19. The molecule has 2 aromatic carbocycles. The Morgan fingerprint density at radius 3 is 2.50 bits per heavy atom. The highest BCUT2D eigenvalue weighted by molar-refractivity contribution is 6.39. The van der Waals surface area contributed by atoms with Gasteiger partial charge in [-0.25, -0.2) is 4.39 Å². The van der Waals surface area contributed by atoms with Crippen molar-refractivity contribution in [3.63, 3.8) is 0 Å². The van der Waals surface area contributed by atoms with E-state index in [1.807, 2.05) is 13.0 Å². The molecule has 1 saturated heterocycles. The van der Waals surface area contributed by atoms with Gasteiger partial charge in [-0.1, -0.05) is 29.8 Å². The van der Waals surface area contributed by atoms with Crippen molar-refractivity contribution in [2.24, 2.45) is 0 Å². The number of nitrogens with one attached hydrogen (secondary N) is 2. The van der Waals surface area contributed by atoms with Crippen LogP contribution < -0.4 is 15.5 Å². The first-order chi connectivity index (χ1) is 14.4. The molecular weight excluding hydrogens is 407 g/mol. The van der Waals surface area contributed by atoms with Crippen LogP contribution >= 0.6 is 11.6 Å². The molecule has 30 heavy (non-hydrogen) atoms. The molecule has 1 aliphatic rings. The van der Waals surface area contributed by atoms with Crippen LogP contribution in [0.5, 0.6) is 0 Å². The molecule has 0 spiro atoms. The van der Waals surface area contributed by atoms with Gasteiger partial charge in [-0.15, -0.1) is 0 Å². The van der Waals surface area contributed by atoms with E-state index in [0.29, 0.717) is 22.9 Å². The fourth-order valence-corrected chi connectivity index (χ4v) is 3.54. The van der Waals surface area contributed by atoms with Crippen LogP contribution in [-0.2, 0) is 9.59 Å². The van der Waals surface area contributed by atoms with Crippen LogP contribution in [0.1, 0.15) is 12.0 Å². The zero-order valence-corrected chi connectivity index (χ0v) is 17.7. The third-order valence-electron chi connectivity index (χ3n) is 5.14. The van der Waals surface area contributed by atoms with Crippen LogP contribution in [0.4, 0.5) is 15.8 Å². The van der Waals surface area contributed by atoms with Gasteiger partial charge in [-0.2, -0.15) is 0 Å². The Bertz CT molecular complexity index is 900. The van der Waals surface area contributed by atoms with E-state index in [9.17, 15) is 14.0 Å². The molecule has 0 bridgehead atoms. The lowest BCUT2D eigenvalue weighted by molar-refractivity contribution is -0.136. The molecule has 2 amide bonds. The molecule has 3 rings (SSSR count). The van der Waals surface area contributed by atoms with E-state index >= 15 is 0 Å². The summed E-state index contributed by atoms with van der Waals surface area (Å²) in [6.45, 7) is 6.26. The summed E-state index contributed by atoms with van der Waals surface area (Å²) in [6, 6.07) is 11.9. The van der Waals surface area contributed by atoms with Crippen LogP contribution in [0.2, 0.25) is 5.02 Å². The van der Waals surface area contributed by atoms with E-state index in [2.05, 4.69) is 20.4 Å². The summed E-state index contributed by atoms with van der Waals surface area (Å²) in [4.78, 5) is 28.3. The maximum absolute atomic E-state index is 13.9. The third kappa shape index (κ3) is 5.93. The summed E-state index contributed by atoms with van der Waals surface area (Å²) < 4.78 is 13.9. The smallest absolute Gasteiger partial charge is 0.313 e. The second-order valence-corrected chi connectivity index (χ2v) is 7.71. The van der Waals surface area contributed by atoms with Crippen molar-refractivity contribution in [3.05, 3.63) is 58.9 Å². The van der Waals surface area contributed by atoms with E-state index in [0.717, 1.165) is 44.7 Å². The number of benzene rings is 2. The van der Waals surface area contributed by atoms with Crippen molar-refractivity contribution < 1.29 is 14.0 Å². The number of halogens is 2. The minimum absolute atomic E-state index is 0.195. The predicted molar refractivity (Wildman–Crippen MR) is 117 cm³/mol. The number of para-hydroxylation sites is 1. The van der Waals surface area contributed by atoms with Gasteiger partial charge >= 0.3 is 11.8 Å². The van der Waals surface area contributed by atoms with Crippen LogP contribution in [0, 0.1) is 12.7 Å². The summed E-state index contributed by atoms with van der Waals surface area (Å²) in [5.74, 6) is -1.58. The summed E-state index contributed by atoms with van der Waals surface area (Å²) in [7, 11) is 0. The number of carbonyl (C=O) groups excluding carboxylic acids is 2. The molecule has 0 saturated carbocycles. The van der Waals surface area contributed by atoms with E-state index in [1.54, 1.807) is 30.3 Å². The molecule has 0 atom stereocenters. The SMILES string of the molecule is Cc1ccc(NC(=O)C(=O)NCCCN2CCN(c3ccccc3F)CC2)cc1Cl. The van der Waals surface area contributed by atoms with E-state index < -0.39 is 11.8 Å². The molecule has 1 fully saturated rings. The fraction of sp³-hybridized carbons (Fsp3) is 0.364. The van der Waals surface area contributed by atoms with Gasteiger partial charge in [0.05, 0.1) is 5.69 Å². The quantitative estimate of drug-likeness (QED) is 0.544. The van der Waals surface area contributed by atoms with Gasteiger partial charge < -0.3 is 15.5 Å². The normalized spacial score (nSPS) is 14.4. The van der Waals surface area contributed by atoms with Crippen LogP contribution in [0.25, 0.3) is 0 Å². The van der Waals surface area contributed by atoms with Gasteiger partial charge in [-0.05, 0) is 49.7 Å². The van der Waals surface area contributed by atoms with E-state index in [4.69, 9.17) is 11.6 Å². The molecule has 2 aromatic rings. The molecule has 6 nitrogen and oxygen atoms in total. The number of carbonyl (C=O) groups is 2. The monoisotopic (exact) mass is 432 g/mol. The van der Waals surface area contributed by atoms with E-state index in [-0.39, 0.29) is 5.82 Å². The largest absolute Gasteiger partial charge is 0.367 e. The zero-order chi connectivity index (χ0) is 21.5. The van der Waals surface area contributed by atoms with Crippen LogP contribution in [0.3, 0.4) is 0 Å². The Balaban J connectivity index is 1.34. The second kappa shape index (κ2) is 10.4. The third-order valence-corrected chi connectivity index (χ3v) is 5.55. The van der Waals surface area contributed by atoms with E-state index in [1.165, 1.54) is 6.07 Å². The highest BCUT2D eigenvalue weighted by atomic mass is 35.5. The molecule has 8 heteroatoms. The summed E-state index contributed by atoms with van der Waals surface area (Å²) in [5, 5.41) is 5.71. The number of nitrogens with zero attached hydrogens (tertiary/aromatic N) is 2. The maximum atomic E-state index is 13.9. The number of hydrogen-bond donors (Lipinski definition) is 2.